The topological polar surface area (TPSA) is 29.3 Å². The molecule has 114 valence electrons. The first kappa shape index (κ1) is 16.4. The monoisotopic (exact) mass is 326 g/mol. The molecule has 0 saturated heterocycles. The molecule has 5 heteroatoms. The Morgan fingerprint density at radius 1 is 1.29 bits per heavy atom. The average molecular weight is 327 g/mol. The van der Waals surface area contributed by atoms with Crippen molar-refractivity contribution in [2.24, 2.45) is 11.7 Å². The molecule has 0 amide bonds. The molecule has 2 atom stereocenters. The Balaban J connectivity index is 1.94. The Labute approximate surface area is 134 Å². The first-order chi connectivity index (χ1) is 9.97. The first-order valence-electron chi connectivity index (χ1n) is 6.90. The van der Waals surface area contributed by atoms with Crippen LogP contribution in [0.5, 0.6) is 0 Å². The lowest BCUT2D eigenvalue weighted by Crippen LogP contribution is -2.31. The third kappa shape index (κ3) is 4.51. The van der Waals surface area contributed by atoms with Gasteiger partial charge in [0.05, 0.1) is 4.34 Å². The van der Waals surface area contributed by atoms with Crippen LogP contribution in [0, 0.1) is 11.7 Å². The number of thiophene rings is 1. The molecular formula is C16H20ClFN2S. The van der Waals surface area contributed by atoms with Crippen molar-refractivity contribution < 1.29 is 4.39 Å². The van der Waals surface area contributed by atoms with Crippen molar-refractivity contribution in [2.45, 2.75) is 19.5 Å². The van der Waals surface area contributed by atoms with Gasteiger partial charge in [0.2, 0.25) is 0 Å². The smallest absolute Gasteiger partial charge is 0.127 e. The van der Waals surface area contributed by atoms with E-state index in [0.717, 1.165) is 17.4 Å². The number of nitrogens with two attached hydrogens (primary N) is 1. The number of halogens is 2. The Bertz CT molecular complexity index is 587. The van der Waals surface area contributed by atoms with E-state index in [1.165, 1.54) is 10.9 Å². The molecule has 0 bridgehead atoms. The van der Waals surface area contributed by atoms with Gasteiger partial charge in [0.1, 0.15) is 5.82 Å². The Morgan fingerprint density at radius 2 is 2.00 bits per heavy atom. The summed E-state index contributed by atoms with van der Waals surface area (Å²) in [4.78, 5) is 3.40. The van der Waals surface area contributed by atoms with Gasteiger partial charge in [-0.15, -0.1) is 11.3 Å². The molecule has 2 unspecified atom stereocenters. The third-order valence-corrected chi connectivity index (χ3v) is 4.75. The molecule has 0 radical (unpaired) electrons. The molecule has 0 fully saturated rings. The van der Waals surface area contributed by atoms with Crippen molar-refractivity contribution in [3.05, 3.63) is 57.0 Å². The van der Waals surface area contributed by atoms with E-state index in [9.17, 15) is 4.39 Å². The summed E-state index contributed by atoms with van der Waals surface area (Å²) in [5.41, 5.74) is 6.78. The zero-order valence-electron chi connectivity index (χ0n) is 12.2. The predicted octanol–water partition coefficient (Wildman–Crippen LogP) is 4.31. The second kappa shape index (κ2) is 7.36. The van der Waals surface area contributed by atoms with Gasteiger partial charge in [0.15, 0.2) is 0 Å². The summed E-state index contributed by atoms with van der Waals surface area (Å²) in [5, 5.41) is 0. The number of benzene rings is 1. The average Bonchev–Trinajstić information content (AvgIpc) is 2.83. The molecule has 2 rings (SSSR count). The zero-order valence-corrected chi connectivity index (χ0v) is 13.8. The van der Waals surface area contributed by atoms with E-state index in [4.69, 9.17) is 17.3 Å². The van der Waals surface area contributed by atoms with Gasteiger partial charge in [-0.2, -0.15) is 0 Å². The molecule has 0 aliphatic heterocycles. The van der Waals surface area contributed by atoms with E-state index < -0.39 is 0 Å². The largest absolute Gasteiger partial charge is 0.324 e. The maximum Gasteiger partial charge on any atom is 0.127 e. The van der Waals surface area contributed by atoms with Crippen LogP contribution in [0.15, 0.2) is 36.4 Å². The highest BCUT2D eigenvalue weighted by Crippen LogP contribution is 2.25. The normalized spacial score (nSPS) is 14.4. The fourth-order valence-corrected chi connectivity index (χ4v) is 3.59. The molecule has 2 aromatic rings. The third-order valence-electron chi connectivity index (χ3n) is 3.53. The van der Waals surface area contributed by atoms with E-state index in [1.807, 2.05) is 25.2 Å². The quantitative estimate of drug-likeness (QED) is 0.857. The van der Waals surface area contributed by atoms with E-state index in [1.54, 1.807) is 23.5 Å². The molecule has 1 aromatic heterocycles. The van der Waals surface area contributed by atoms with Gasteiger partial charge in [-0.25, -0.2) is 4.39 Å². The van der Waals surface area contributed by atoms with E-state index in [0.29, 0.717) is 5.56 Å². The minimum atomic E-state index is -0.305. The van der Waals surface area contributed by atoms with Crippen LogP contribution in [-0.2, 0) is 6.54 Å². The molecule has 1 heterocycles. The van der Waals surface area contributed by atoms with E-state index >= 15 is 0 Å². The highest BCUT2D eigenvalue weighted by atomic mass is 35.5. The van der Waals surface area contributed by atoms with Crippen LogP contribution in [-0.4, -0.2) is 18.5 Å². The molecule has 2 N–H and O–H groups in total. The number of rotatable bonds is 6. The number of hydrogen-bond donors (Lipinski definition) is 1. The Kier molecular flexibility index (Phi) is 5.76. The molecular weight excluding hydrogens is 307 g/mol. The van der Waals surface area contributed by atoms with Crippen LogP contribution in [0.2, 0.25) is 4.34 Å². The van der Waals surface area contributed by atoms with Gasteiger partial charge in [0, 0.05) is 29.6 Å². The van der Waals surface area contributed by atoms with Crippen molar-refractivity contribution >= 4 is 22.9 Å². The van der Waals surface area contributed by atoms with Crippen molar-refractivity contribution in [1.82, 2.24) is 4.90 Å². The highest BCUT2D eigenvalue weighted by molar-refractivity contribution is 7.16. The number of hydrogen-bond acceptors (Lipinski definition) is 3. The highest BCUT2D eigenvalue weighted by Gasteiger charge is 2.19. The maximum absolute atomic E-state index is 13.8. The molecule has 21 heavy (non-hydrogen) atoms. The summed E-state index contributed by atoms with van der Waals surface area (Å²) >= 11 is 7.52. The molecule has 0 aliphatic carbocycles. The summed E-state index contributed by atoms with van der Waals surface area (Å²) in [7, 11) is 2.04. The fraction of sp³-hybridized carbons (Fsp3) is 0.375. The van der Waals surface area contributed by atoms with Crippen molar-refractivity contribution in [3.63, 3.8) is 0 Å². The van der Waals surface area contributed by atoms with E-state index in [-0.39, 0.29) is 17.8 Å². The molecule has 0 spiro atoms. The van der Waals surface area contributed by atoms with Crippen molar-refractivity contribution in [1.29, 1.82) is 0 Å². The Morgan fingerprint density at radius 3 is 2.62 bits per heavy atom. The van der Waals surface area contributed by atoms with Crippen molar-refractivity contribution in [2.75, 3.05) is 13.6 Å². The molecule has 0 aliphatic rings. The van der Waals surface area contributed by atoms with Gasteiger partial charge < -0.3 is 10.6 Å². The lowest BCUT2D eigenvalue weighted by Gasteiger charge is -2.26. The van der Waals surface area contributed by atoms with Gasteiger partial charge >= 0.3 is 0 Å². The van der Waals surface area contributed by atoms with E-state index in [2.05, 4.69) is 11.8 Å². The SMILES string of the molecule is CC(CN(C)Cc1ccc(Cl)s1)C(N)c1ccccc1F. The van der Waals surface area contributed by atoms with Gasteiger partial charge in [-0.3, -0.25) is 0 Å². The summed E-state index contributed by atoms with van der Waals surface area (Å²) in [6.07, 6.45) is 0. The molecule has 2 nitrogen and oxygen atoms in total. The van der Waals surface area contributed by atoms with Gasteiger partial charge in [0.25, 0.3) is 0 Å². The van der Waals surface area contributed by atoms with Crippen LogP contribution in [0.25, 0.3) is 0 Å². The van der Waals surface area contributed by atoms with Crippen LogP contribution >= 0.6 is 22.9 Å². The van der Waals surface area contributed by atoms with Crippen LogP contribution in [0.1, 0.15) is 23.4 Å². The summed E-state index contributed by atoms with van der Waals surface area (Å²) in [5.74, 6) is -0.0770. The fourth-order valence-electron chi connectivity index (χ4n) is 2.42. The maximum atomic E-state index is 13.8. The summed E-state index contributed by atoms with van der Waals surface area (Å²) in [6, 6.07) is 10.4. The molecule has 1 aromatic carbocycles. The minimum Gasteiger partial charge on any atom is -0.324 e. The lowest BCUT2D eigenvalue weighted by molar-refractivity contribution is 0.258. The lowest BCUT2D eigenvalue weighted by atomic mass is 9.94. The van der Waals surface area contributed by atoms with Crippen LogP contribution < -0.4 is 5.73 Å². The minimum absolute atomic E-state index is 0.155. The molecule has 0 saturated carbocycles. The zero-order chi connectivity index (χ0) is 15.4. The van der Waals surface area contributed by atoms with Crippen LogP contribution in [0.4, 0.5) is 4.39 Å². The second-order valence-electron chi connectivity index (χ2n) is 5.43. The summed E-state index contributed by atoms with van der Waals surface area (Å²) in [6.45, 7) is 3.67. The van der Waals surface area contributed by atoms with Crippen LogP contribution in [0.3, 0.4) is 0 Å². The Hall–Kier alpha value is -0.940. The van der Waals surface area contributed by atoms with Gasteiger partial charge in [-0.05, 0) is 31.2 Å². The van der Waals surface area contributed by atoms with Crippen molar-refractivity contribution in [3.8, 4) is 0 Å². The predicted molar refractivity (Wildman–Crippen MR) is 88.2 cm³/mol. The second-order valence-corrected chi connectivity index (χ2v) is 7.23. The summed E-state index contributed by atoms with van der Waals surface area (Å²) < 4.78 is 14.6. The number of nitrogens with zero attached hydrogens (tertiary/aromatic N) is 1. The first-order valence-corrected chi connectivity index (χ1v) is 8.09. The van der Waals surface area contributed by atoms with Gasteiger partial charge in [-0.1, -0.05) is 36.7 Å². The standard InChI is InChI=1S/C16H20ClFN2S/c1-11(16(19)13-5-3-4-6-14(13)18)9-20(2)10-12-7-8-15(17)21-12/h3-8,11,16H,9-10,19H2,1-2H3.